The SMILES string of the molecule is CN(C)C[CH2][GeH3].[H-].[H-].[H-]. The van der Waals surface area contributed by atoms with E-state index in [1.807, 2.05) is 0 Å². The summed E-state index contributed by atoms with van der Waals surface area (Å²) in [6, 6.07) is 0. The van der Waals surface area contributed by atoms with E-state index in [2.05, 4.69) is 19.0 Å². The van der Waals surface area contributed by atoms with Crippen LogP contribution in [0.1, 0.15) is 4.28 Å². The summed E-state index contributed by atoms with van der Waals surface area (Å²) in [5.41, 5.74) is 0. The molecule has 0 amide bonds. The molecule has 0 spiro atoms. The number of nitrogens with zero attached hydrogens (tertiary/aromatic N) is 1. The van der Waals surface area contributed by atoms with E-state index in [1.54, 1.807) is 0 Å². The van der Waals surface area contributed by atoms with Crippen molar-refractivity contribution in [3.63, 3.8) is 0 Å². The molecule has 0 fully saturated rings. The van der Waals surface area contributed by atoms with Crippen molar-refractivity contribution in [2.24, 2.45) is 0 Å². The van der Waals surface area contributed by atoms with E-state index in [0.29, 0.717) is 0 Å². The van der Waals surface area contributed by atoms with Gasteiger partial charge in [-0.2, -0.15) is 0 Å². The van der Waals surface area contributed by atoms with Crippen molar-refractivity contribution >= 4 is 16.5 Å². The van der Waals surface area contributed by atoms with Crippen molar-refractivity contribution < 1.29 is 4.28 Å². The van der Waals surface area contributed by atoms with E-state index in [0.717, 1.165) is 16.5 Å². The monoisotopic (exact) mass is 152 g/mol. The minimum atomic E-state index is 0. The average molecular weight is 151 g/mol. The Bertz CT molecular complexity index is 37.0. The van der Waals surface area contributed by atoms with Crippen LogP contribution in [-0.4, -0.2) is 42.1 Å². The number of hydrogen-bond donors (Lipinski definition) is 0. The standard InChI is InChI=1S/C4H13GeN.3H/c1-6(2)4-3-5;;;/h3-4H2,1-2,5H3;;;/q;3*-1. The summed E-state index contributed by atoms with van der Waals surface area (Å²) in [4.78, 5) is 2.23. The molecule has 0 aliphatic heterocycles. The molecular weight excluding hydrogens is 135 g/mol. The zero-order valence-corrected chi connectivity index (χ0v) is 9.06. The maximum absolute atomic E-state index is 2.23. The summed E-state index contributed by atoms with van der Waals surface area (Å²) in [6.45, 7) is 1.29. The summed E-state index contributed by atoms with van der Waals surface area (Å²) >= 11 is 1.05. The normalized spacial score (nSPS) is 10.5. The largest absolute Gasteiger partial charge is 1.00 e. The Morgan fingerprint density at radius 2 is 2.17 bits per heavy atom. The molecular formula is C4H16GeN-3. The van der Waals surface area contributed by atoms with Crippen LogP contribution in [0.15, 0.2) is 0 Å². The van der Waals surface area contributed by atoms with E-state index >= 15 is 0 Å². The quantitative estimate of drug-likeness (QED) is 0.488. The Kier molecular flexibility index (Phi) is 3.99. The first-order chi connectivity index (χ1) is 2.77. The fourth-order valence-electron chi connectivity index (χ4n) is 0.447. The van der Waals surface area contributed by atoms with Gasteiger partial charge in [0.05, 0.1) is 0 Å². The van der Waals surface area contributed by atoms with Crippen LogP contribution in [0.4, 0.5) is 0 Å². The molecule has 0 aliphatic carbocycles. The minimum absolute atomic E-state index is 0. The van der Waals surface area contributed by atoms with Crippen LogP contribution in [0.2, 0.25) is 5.25 Å². The van der Waals surface area contributed by atoms with Gasteiger partial charge in [0.15, 0.2) is 0 Å². The maximum Gasteiger partial charge on any atom is -1.00 e. The second-order valence-electron chi connectivity index (χ2n) is 1.80. The first-order valence-corrected chi connectivity index (χ1v) is 5.38. The van der Waals surface area contributed by atoms with Crippen molar-refractivity contribution in [1.82, 2.24) is 4.90 Å². The molecule has 0 saturated carbocycles. The van der Waals surface area contributed by atoms with Gasteiger partial charge in [0.1, 0.15) is 0 Å². The molecule has 0 rings (SSSR count). The number of hydrogen-bond acceptors (Lipinski definition) is 1. The molecule has 0 aromatic heterocycles. The zero-order chi connectivity index (χ0) is 4.99. The smallest absolute Gasteiger partial charge is 1.00 e. The van der Waals surface area contributed by atoms with E-state index in [-0.39, 0.29) is 4.28 Å². The molecule has 0 aliphatic rings. The topological polar surface area (TPSA) is 3.24 Å². The predicted octanol–water partition coefficient (Wildman–Crippen LogP) is -0.331. The molecule has 2 heteroatoms. The molecule has 44 valence electrons. The first kappa shape index (κ1) is 6.50. The summed E-state index contributed by atoms with van der Waals surface area (Å²) in [6.07, 6.45) is 0. The second kappa shape index (κ2) is 3.68. The van der Waals surface area contributed by atoms with Gasteiger partial charge in [-0.25, -0.2) is 0 Å². The van der Waals surface area contributed by atoms with Crippen LogP contribution in [-0.2, 0) is 0 Å². The van der Waals surface area contributed by atoms with Crippen LogP contribution in [0.5, 0.6) is 0 Å². The third-order valence-corrected chi connectivity index (χ3v) is 1.61. The first-order valence-electron chi connectivity index (χ1n) is 2.42. The van der Waals surface area contributed by atoms with Crippen LogP contribution >= 0.6 is 0 Å². The van der Waals surface area contributed by atoms with Gasteiger partial charge >= 0.3 is 47.3 Å². The molecule has 0 aromatic rings. The summed E-state index contributed by atoms with van der Waals surface area (Å²) < 4.78 is 0. The second-order valence-corrected chi connectivity index (χ2v) is 3.90. The molecule has 0 aromatic carbocycles. The average Bonchev–Trinajstić information content (AvgIpc) is 1.35. The van der Waals surface area contributed by atoms with Crippen LogP contribution in [0, 0.1) is 0 Å². The minimum Gasteiger partial charge on any atom is -1.00 e. The summed E-state index contributed by atoms with van der Waals surface area (Å²) in [5.74, 6) is 0. The van der Waals surface area contributed by atoms with E-state index in [4.69, 9.17) is 0 Å². The Balaban J connectivity index is -0.0000000417. The van der Waals surface area contributed by atoms with Crippen LogP contribution < -0.4 is 0 Å². The van der Waals surface area contributed by atoms with Gasteiger partial charge in [-0.1, -0.05) is 0 Å². The third-order valence-electron chi connectivity index (χ3n) is 0.671. The van der Waals surface area contributed by atoms with Gasteiger partial charge < -0.3 is 4.28 Å². The molecule has 0 unspecified atom stereocenters. The molecule has 0 radical (unpaired) electrons. The number of rotatable bonds is 2. The van der Waals surface area contributed by atoms with Crippen molar-refractivity contribution in [2.75, 3.05) is 20.6 Å². The van der Waals surface area contributed by atoms with Gasteiger partial charge in [0.2, 0.25) is 0 Å². The van der Waals surface area contributed by atoms with E-state index in [1.165, 1.54) is 11.8 Å². The van der Waals surface area contributed by atoms with Gasteiger partial charge in [-0.3, -0.25) is 0 Å². The van der Waals surface area contributed by atoms with Crippen LogP contribution in [0.3, 0.4) is 0 Å². The van der Waals surface area contributed by atoms with Crippen molar-refractivity contribution in [3.8, 4) is 0 Å². The van der Waals surface area contributed by atoms with Gasteiger partial charge in [0, 0.05) is 0 Å². The van der Waals surface area contributed by atoms with E-state index in [9.17, 15) is 0 Å². The third kappa shape index (κ3) is 4.50. The Morgan fingerprint density at radius 1 is 1.67 bits per heavy atom. The van der Waals surface area contributed by atoms with Crippen molar-refractivity contribution in [1.29, 1.82) is 0 Å². The predicted molar refractivity (Wildman–Crippen MR) is 36.6 cm³/mol. The molecule has 0 atom stereocenters. The Hall–Kier alpha value is 0.503. The van der Waals surface area contributed by atoms with E-state index < -0.39 is 0 Å². The molecule has 1 nitrogen and oxygen atoms in total. The summed E-state index contributed by atoms with van der Waals surface area (Å²) in [5, 5.41) is 1.44. The molecule has 0 bridgehead atoms. The fourth-order valence-corrected chi connectivity index (χ4v) is 2.32. The zero-order valence-electron chi connectivity index (χ0n) is 7.86. The van der Waals surface area contributed by atoms with Crippen LogP contribution in [0.25, 0.3) is 0 Å². The molecule has 6 heavy (non-hydrogen) atoms. The maximum atomic E-state index is 2.23. The van der Waals surface area contributed by atoms with Gasteiger partial charge in [-0.05, 0) is 0 Å². The molecule has 0 N–H and O–H groups in total. The van der Waals surface area contributed by atoms with Gasteiger partial charge in [-0.15, -0.1) is 0 Å². The Morgan fingerprint density at radius 3 is 2.17 bits per heavy atom. The summed E-state index contributed by atoms with van der Waals surface area (Å²) in [7, 11) is 4.23. The van der Waals surface area contributed by atoms with Crippen molar-refractivity contribution in [2.45, 2.75) is 5.25 Å². The fraction of sp³-hybridized carbons (Fsp3) is 1.00. The van der Waals surface area contributed by atoms with Gasteiger partial charge in [0.25, 0.3) is 0 Å². The molecule has 0 saturated heterocycles. The molecule has 0 heterocycles. The van der Waals surface area contributed by atoms with Crippen molar-refractivity contribution in [3.05, 3.63) is 0 Å². The Labute approximate surface area is 52.4 Å².